The van der Waals surface area contributed by atoms with Crippen molar-refractivity contribution in [1.29, 1.82) is 0 Å². The van der Waals surface area contributed by atoms with Crippen LogP contribution in [-0.2, 0) is 6.42 Å². The summed E-state index contributed by atoms with van der Waals surface area (Å²) in [5.41, 5.74) is 8.35. The molecule has 0 unspecified atom stereocenters. The van der Waals surface area contributed by atoms with Crippen LogP contribution in [-0.4, -0.2) is 15.2 Å². The number of fused-ring (bicyclic) bond motifs is 1. The molecule has 1 aromatic carbocycles. The summed E-state index contributed by atoms with van der Waals surface area (Å²) in [5, 5.41) is 8.93. The maximum absolute atomic E-state index is 6.08. The summed E-state index contributed by atoms with van der Waals surface area (Å²) < 4.78 is 5.35. The molecule has 0 radical (unpaired) electrons. The lowest BCUT2D eigenvalue weighted by molar-refractivity contribution is 0.429. The molecule has 2 aromatic heterocycles. The molecular weight excluding hydrogens is 228 g/mol. The van der Waals surface area contributed by atoms with E-state index in [2.05, 4.69) is 21.2 Å². The number of H-pyrrole nitrogens is 1. The van der Waals surface area contributed by atoms with Crippen molar-refractivity contribution in [2.24, 2.45) is 5.73 Å². The number of para-hydroxylation sites is 1. The summed E-state index contributed by atoms with van der Waals surface area (Å²) >= 11 is 0. The molecule has 2 heterocycles. The molecule has 0 aliphatic heterocycles. The number of hydrogen-bond acceptors (Lipinski definition) is 4. The Kier molecular flexibility index (Phi) is 2.60. The smallest absolute Gasteiger partial charge is 0.233 e. The van der Waals surface area contributed by atoms with E-state index < -0.39 is 0 Å². The molecule has 0 fully saturated rings. The lowest BCUT2D eigenvalue weighted by Crippen LogP contribution is -2.13. The fraction of sp³-hybridized carbons (Fsp3) is 0.231. The first-order chi connectivity index (χ1) is 8.74. The lowest BCUT2D eigenvalue weighted by Gasteiger charge is -2.05. The Morgan fingerprint density at radius 3 is 2.94 bits per heavy atom. The highest BCUT2D eigenvalue weighted by atomic mass is 16.4. The third-order valence-electron chi connectivity index (χ3n) is 2.97. The van der Waals surface area contributed by atoms with Crippen LogP contribution < -0.4 is 5.73 Å². The Hall–Kier alpha value is -2.14. The third kappa shape index (κ3) is 1.89. The van der Waals surface area contributed by atoms with E-state index in [1.807, 2.05) is 24.4 Å². The average Bonchev–Trinajstić information content (AvgIpc) is 2.97. The van der Waals surface area contributed by atoms with Crippen molar-refractivity contribution < 1.29 is 4.42 Å². The SMILES string of the molecule is Cc1nnc([C@@H](N)Cc2c[nH]c3ccccc23)o1. The number of hydrogen-bond donors (Lipinski definition) is 2. The van der Waals surface area contributed by atoms with E-state index in [1.54, 1.807) is 6.92 Å². The molecular formula is C13H14N4O. The van der Waals surface area contributed by atoms with Gasteiger partial charge in [-0.3, -0.25) is 0 Å². The third-order valence-corrected chi connectivity index (χ3v) is 2.97. The monoisotopic (exact) mass is 242 g/mol. The van der Waals surface area contributed by atoms with Gasteiger partial charge in [-0.2, -0.15) is 0 Å². The van der Waals surface area contributed by atoms with Gasteiger partial charge >= 0.3 is 0 Å². The molecule has 92 valence electrons. The number of aryl methyl sites for hydroxylation is 1. The van der Waals surface area contributed by atoms with Gasteiger partial charge in [-0.05, 0) is 18.1 Å². The molecule has 3 aromatic rings. The second kappa shape index (κ2) is 4.27. The molecule has 0 saturated carbocycles. The van der Waals surface area contributed by atoms with Gasteiger partial charge in [0.1, 0.15) is 0 Å². The molecule has 1 atom stereocenters. The van der Waals surface area contributed by atoms with Gasteiger partial charge in [0.05, 0.1) is 6.04 Å². The Labute approximate surface area is 104 Å². The van der Waals surface area contributed by atoms with Crippen LogP contribution in [0.1, 0.15) is 23.4 Å². The van der Waals surface area contributed by atoms with Crippen LogP contribution in [0.4, 0.5) is 0 Å². The standard InChI is InChI=1S/C13H14N4O/c1-8-16-17-13(18-8)11(14)6-9-7-15-12-5-3-2-4-10(9)12/h2-5,7,11,15H,6,14H2,1H3/t11-/m0/s1. The highest BCUT2D eigenvalue weighted by Gasteiger charge is 2.15. The summed E-state index contributed by atoms with van der Waals surface area (Å²) in [6, 6.07) is 7.87. The van der Waals surface area contributed by atoms with E-state index in [-0.39, 0.29) is 6.04 Å². The fourth-order valence-corrected chi connectivity index (χ4v) is 2.09. The molecule has 0 saturated heterocycles. The van der Waals surface area contributed by atoms with Gasteiger partial charge in [-0.25, -0.2) is 0 Å². The van der Waals surface area contributed by atoms with Crippen molar-refractivity contribution in [3.63, 3.8) is 0 Å². The number of nitrogens with one attached hydrogen (secondary N) is 1. The van der Waals surface area contributed by atoms with Crippen LogP contribution in [0.25, 0.3) is 10.9 Å². The Bertz CT molecular complexity index is 670. The Morgan fingerprint density at radius 1 is 1.33 bits per heavy atom. The molecule has 3 rings (SSSR count). The first kappa shape index (κ1) is 11.0. The second-order valence-electron chi connectivity index (χ2n) is 4.33. The van der Waals surface area contributed by atoms with Crippen molar-refractivity contribution in [3.8, 4) is 0 Å². The zero-order chi connectivity index (χ0) is 12.5. The highest BCUT2D eigenvalue weighted by molar-refractivity contribution is 5.83. The number of nitrogens with two attached hydrogens (primary N) is 1. The van der Waals surface area contributed by atoms with Crippen LogP contribution in [0, 0.1) is 6.92 Å². The predicted octanol–water partition coefficient (Wildman–Crippen LogP) is 2.10. The van der Waals surface area contributed by atoms with Crippen LogP contribution in [0.15, 0.2) is 34.9 Å². The number of rotatable bonds is 3. The van der Waals surface area contributed by atoms with Crippen molar-refractivity contribution >= 4 is 10.9 Å². The van der Waals surface area contributed by atoms with Crippen LogP contribution >= 0.6 is 0 Å². The van der Waals surface area contributed by atoms with E-state index in [1.165, 1.54) is 5.39 Å². The quantitative estimate of drug-likeness (QED) is 0.737. The predicted molar refractivity (Wildman–Crippen MR) is 68.0 cm³/mol. The highest BCUT2D eigenvalue weighted by Crippen LogP contribution is 2.22. The van der Waals surface area contributed by atoms with Crippen LogP contribution in [0.5, 0.6) is 0 Å². The zero-order valence-electron chi connectivity index (χ0n) is 10.1. The van der Waals surface area contributed by atoms with E-state index in [4.69, 9.17) is 10.2 Å². The van der Waals surface area contributed by atoms with Crippen molar-refractivity contribution in [2.75, 3.05) is 0 Å². The molecule has 0 aliphatic rings. The van der Waals surface area contributed by atoms with Gasteiger partial charge in [-0.1, -0.05) is 18.2 Å². The van der Waals surface area contributed by atoms with Crippen molar-refractivity contribution in [2.45, 2.75) is 19.4 Å². The van der Waals surface area contributed by atoms with Gasteiger partial charge < -0.3 is 15.1 Å². The summed E-state index contributed by atoms with van der Waals surface area (Å²) in [6.07, 6.45) is 2.65. The average molecular weight is 242 g/mol. The summed E-state index contributed by atoms with van der Waals surface area (Å²) in [6.45, 7) is 1.76. The minimum atomic E-state index is -0.273. The normalized spacial score (nSPS) is 13.0. The van der Waals surface area contributed by atoms with Gasteiger partial charge in [0.2, 0.25) is 11.8 Å². The minimum absolute atomic E-state index is 0.273. The molecule has 18 heavy (non-hydrogen) atoms. The van der Waals surface area contributed by atoms with Gasteiger partial charge in [-0.15, -0.1) is 10.2 Å². The van der Waals surface area contributed by atoms with Gasteiger partial charge in [0.25, 0.3) is 0 Å². The maximum Gasteiger partial charge on any atom is 0.233 e. The summed E-state index contributed by atoms with van der Waals surface area (Å²) in [5.74, 6) is 1.03. The van der Waals surface area contributed by atoms with E-state index >= 15 is 0 Å². The Morgan fingerprint density at radius 2 is 2.17 bits per heavy atom. The largest absolute Gasteiger partial charge is 0.424 e. The number of aromatic nitrogens is 3. The number of nitrogens with zero attached hydrogens (tertiary/aromatic N) is 2. The molecule has 0 aliphatic carbocycles. The lowest BCUT2D eigenvalue weighted by atomic mass is 10.1. The maximum atomic E-state index is 6.08. The van der Waals surface area contributed by atoms with Crippen molar-refractivity contribution in [3.05, 3.63) is 47.8 Å². The number of aromatic amines is 1. The first-order valence-electron chi connectivity index (χ1n) is 5.84. The second-order valence-corrected chi connectivity index (χ2v) is 4.33. The van der Waals surface area contributed by atoms with E-state index in [9.17, 15) is 0 Å². The van der Waals surface area contributed by atoms with Crippen molar-refractivity contribution in [1.82, 2.24) is 15.2 Å². The van der Waals surface area contributed by atoms with Gasteiger partial charge in [0.15, 0.2) is 0 Å². The van der Waals surface area contributed by atoms with E-state index in [0.717, 1.165) is 11.1 Å². The topological polar surface area (TPSA) is 80.7 Å². The minimum Gasteiger partial charge on any atom is -0.424 e. The summed E-state index contributed by atoms with van der Waals surface area (Å²) in [7, 11) is 0. The fourth-order valence-electron chi connectivity index (χ4n) is 2.09. The molecule has 5 heteroatoms. The molecule has 5 nitrogen and oxygen atoms in total. The van der Waals surface area contributed by atoms with E-state index in [0.29, 0.717) is 18.2 Å². The summed E-state index contributed by atoms with van der Waals surface area (Å²) in [4.78, 5) is 3.23. The van der Waals surface area contributed by atoms with Crippen LogP contribution in [0.2, 0.25) is 0 Å². The molecule has 0 amide bonds. The molecule has 0 spiro atoms. The zero-order valence-corrected chi connectivity index (χ0v) is 10.1. The molecule has 0 bridgehead atoms. The molecule has 3 N–H and O–H groups in total. The van der Waals surface area contributed by atoms with Gasteiger partial charge in [0, 0.05) is 24.0 Å². The Balaban J connectivity index is 1.88. The van der Waals surface area contributed by atoms with Crippen LogP contribution in [0.3, 0.4) is 0 Å². The number of benzene rings is 1. The first-order valence-corrected chi connectivity index (χ1v) is 5.84.